The molecule has 1 aromatic carbocycles. The monoisotopic (exact) mass is 317 g/mol. The van der Waals surface area contributed by atoms with Crippen molar-refractivity contribution >= 4 is 34.8 Å². The predicted molar refractivity (Wildman–Crippen MR) is 79.4 cm³/mol. The Labute approximate surface area is 127 Å². The molecule has 0 aliphatic rings. The van der Waals surface area contributed by atoms with Crippen LogP contribution in [0.4, 0.5) is 0 Å². The van der Waals surface area contributed by atoms with Gasteiger partial charge in [0.1, 0.15) is 5.82 Å². The molecule has 1 unspecified atom stereocenters. The molecule has 102 valence electrons. The molecule has 0 N–H and O–H groups in total. The van der Waals surface area contributed by atoms with Gasteiger partial charge in [-0.05, 0) is 36.2 Å². The van der Waals surface area contributed by atoms with Crippen LogP contribution in [0.1, 0.15) is 44.1 Å². The third-order valence-electron chi connectivity index (χ3n) is 3.00. The first-order chi connectivity index (χ1) is 8.91. The fourth-order valence-electron chi connectivity index (χ4n) is 2.01. The summed E-state index contributed by atoms with van der Waals surface area (Å²) in [5.41, 5.74) is 0.940. The largest absolute Gasteiger partial charge is 0.294 e. The molecule has 1 heterocycles. The van der Waals surface area contributed by atoms with Crippen molar-refractivity contribution < 1.29 is 0 Å². The van der Waals surface area contributed by atoms with Crippen molar-refractivity contribution in [3.63, 3.8) is 0 Å². The van der Waals surface area contributed by atoms with Gasteiger partial charge in [-0.15, -0.1) is 10.2 Å². The van der Waals surface area contributed by atoms with Gasteiger partial charge in [-0.1, -0.05) is 43.1 Å². The second-order valence-electron chi connectivity index (χ2n) is 4.69. The number of nitrogens with zero attached hydrogens (tertiary/aromatic N) is 3. The Bertz CT molecular complexity index is 593. The molecule has 1 atom stereocenters. The van der Waals surface area contributed by atoms with E-state index >= 15 is 0 Å². The quantitative estimate of drug-likeness (QED) is 0.800. The summed E-state index contributed by atoms with van der Waals surface area (Å²) in [6.07, 6.45) is 0. The summed E-state index contributed by atoms with van der Waals surface area (Å²) >= 11 is 18.3. The van der Waals surface area contributed by atoms with Gasteiger partial charge in [-0.2, -0.15) is 0 Å². The minimum Gasteiger partial charge on any atom is -0.294 e. The van der Waals surface area contributed by atoms with E-state index in [0.29, 0.717) is 15.3 Å². The maximum absolute atomic E-state index is 6.24. The van der Waals surface area contributed by atoms with Crippen LogP contribution < -0.4 is 0 Å². The van der Waals surface area contributed by atoms with Crippen LogP contribution in [0.2, 0.25) is 15.3 Å². The van der Waals surface area contributed by atoms with Crippen molar-refractivity contribution in [3.05, 3.63) is 44.9 Å². The molecule has 1 aromatic heterocycles. The number of rotatable bonds is 3. The molecule has 0 spiro atoms. The van der Waals surface area contributed by atoms with Gasteiger partial charge in [0, 0.05) is 16.0 Å². The maximum Gasteiger partial charge on any atom is 0.225 e. The Kier molecular flexibility index (Phi) is 4.39. The van der Waals surface area contributed by atoms with E-state index < -0.39 is 0 Å². The average molecular weight is 319 g/mol. The SMILES string of the molecule is CC(C)c1nnc(Cl)n1C(C)c1ccc(Cl)cc1Cl. The van der Waals surface area contributed by atoms with Gasteiger partial charge in [0.05, 0.1) is 6.04 Å². The Morgan fingerprint density at radius 2 is 1.74 bits per heavy atom. The Balaban J connectivity index is 2.49. The van der Waals surface area contributed by atoms with E-state index in [0.717, 1.165) is 11.4 Å². The number of benzene rings is 1. The summed E-state index contributed by atoms with van der Waals surface area (Å²) in [6, 6.07) is 5.38. The molecule has 0 fully saturated rings. The number of aromatic nitrogens is 3. The lowest BCUT2D eigenvalue weighted by atomic mass is 10.1. The molecule has 0 saturated heterocycles. The van der Waals surface area contributed by atoms with E-state index in [1.807, 2.05) is 37.5 Å². The number of hydrogen-bond donors (Lipinski definition) is 0. The molecule has 0 saturated carbocycles. The zero-order valence-corrected chi connectivity index (χ0v) is 13.1. The minimum atomic E-state index is -0.0512. The van der Waals surface area contributed by atoms with Crippen LogP contribution in [0, 0.1) is 0 Å². The second-order valence-corrected chi connectivity index (χ2v) is 5.88. The summed E-state index contributed by atoms with van der Waals surface area (Å²) in [5, 5.41) is 9.65. The third-order valence-corrected chi connectivity index (χ3v) is 3.82. The predicted octanol–water partition coefficient (Wildman–Crippen LogP) is 4.97. The molecule has 19 heavy (non-hydrogen) atoms. The molecule has 0 bridgehead atoms. The summed E-state index contributed by atoms with van der Waals surface area (Å²) in [4.78, 5) is 0. The summed E-state index contributed by atoms with van der Waals surface area (Å²) in [6.45, 7) is 6.11. The molecular formula is C13H14Cl3N3. The fourth-order valence-corrected chi connectivity index (χ4v) is 2.85. The lowest BCUT2D eigenvalue weighted by Crippen LogP contribution is -2.12. The highest BCUT2D eigenvalue weighted by Gasteiger charge is 2.21. The summed E-state index contributed by atoms with van der Waals surface area (Å²) < 4.78 is 1.89. The van der Waals surface area contributed by atoms with Crippen LogP contribution in [-0.2, 0) is 0 Å². The molecule has 0 aliphatic heterocycles. The van der Waals surface area contributed by atoms with E-state index in [1.165, 1.54) is 0 Å². The standard InChI is InChI=1S/C13H14Cl3N3/c1-7(2)12-17-18-13(16)19(12)8(3)10-5-4-9(14)6-11(10)15/h4-8H,1-3H3. The molecule has 0 aliphatic carbocycles. The molecule has 6 heteroatoms. The Hall–Kier alpha value is -0.770. The lowest BCUT2D eigenvalue weighted by Gasteiger charge is -2.19. The topological polar surface area (TPSA) is 30.7 Å². The molecule has 3 nitrogen and oxygen atoms in total. The van der Waals surface area contributed by atoms with Crippen molar-refractivity contribution in [1.82, 2.24) is 14.8 Å². The number of halogens is 3. The van der Waals surface area contributed by atoms with Crippen molar-refractivity contribution in [2.45, 2.75) is 32.7 Å². The van der Waals surface area contributed by atoms with E-state index in [-0.39, 0.29) is 12.0 Å². The molecule has 2 rings (SSSR count). The van der Waals surface area contributed by atoms with Crippen LogP contribution in [-0.4, -0.2) is 14.8 Å². The minimum absolute atomic E-state index is 0.0512. The van der Waals surface area contributed by atoms with Crippen molar-refractivity contribution in [1.29, 1.82) is 0 Å². The van der Waals surface area contributed by atoms with Crippen LogP contribution >= 0.6 is 34.8 Å². The third kappa shape index (κ3) is 2.88. The number of hydrogen-bond acceptors (Lipinski definition) is 2. The highest BCUT2D eigenvalue weighted by molar-refractivity contribution is 6.35. The Morgan fingerprint density at radius 3 is 2.32 bits per heavy atom. The lowest BCUT2D eigenvalue weighted by molar-refractivity contribution is 0.579. The fraction of sp³-hybridized carbons (Fsp3) is 0.385. The van der Waals surface area contributed by atoms with Gasteiger partial charge < -0.3 is 0 Å². The molecule has 2 aromatic rings. The van der Waals surface area contributed by atoms with E-state index in [4.69, 9.17) is 34.8 Å². The highest BCUT2D eigenvalue weighted by atomic mass is 35.5. The van der Waals surface area contributed by atoms with Crippen molar-refractivity contribution in [2.24, 2.45) is 0 Å². The zero-order chi connectivity index (χ0) is 14.2. The van der Waals surface area contributed by atoms with E-state index in [9.17, 15) is 0 Å². The normalized spacial score (nSPS) is 13.0. The molecule has 0 amide bonds. The maximum atomic E-state index is 6.24. The van der Waals surface area contributed by atoms with E-state index in [2.05, 4.69) is 10.2 Å². The first-order valence-corrected chi connectivity index (χ1v) is 7.10. The van der Waals surface area contributed by atoms with Crippen molar-refractivity contribution in [2.75, 3.05) is 0 Å². The highest BCUT2D eigenvalue weighted by Crippen LogP contribution is 2.32. The smallest absolute Gasteiger partial charge is 0.225 e. The van der Waals surface area contributed by atoms with Gasteiger partial charge in [0.25, 0.3) is 0 Å². The van der Waals surface area contributed by atoms with Crippen LogP contribution in [0.3, 0.4) is 0 Å². The van der Waals surface area contributed by atoms with Gasteiger partial charge in [-0.3, -0.25) is 4.57 Å². The first kappa shape index (κ1) is 14.6. The van der Waals surface area contributed by atoms with Crippen LogP contribution in [0.15, 0.2) is 18.2 Å². The first-order valence-electron chi connectivity index (χ1n) is 5.97. The summed E-state index contributed by atoms with van der Waals surface area (Å²) in [7, 11) is 0. The van der Waals surface area contributed by atoms with Crippen LogP contribution in [0.25, 0.3) is 0 Å². The van der Waals surface area contributed by atoms with Gasteiger partial charge in [0.2, 0.25) is 5.28 Å². The molecule has 0 radical (unpaired) electrons. The molecular weight excluding hydrogens is 305 g/mol. The van der Waals surface area contributed by atoms with Crippen molar-refractivity contribution in [3.8, 4) is 0 Å². The Morgan fingerprint density at radius 1 is 1.05 bits per heavy atom. The average Bonchev–Trinajstić information content (AvgIpc) is 2.70. The zero-order valence-electron chi connectivity index (χ0n) is 10.9. The second kappa shape index (κ2) is 5.70. The van der Waals surface area contributed by atoms with Gasteiger partial charge in [-0.25, -0.2) is 0 Å². The van der Waals surface area contributed by atoms with Gasteiger partial charge in [0.15, 0.2) is 0 Å². The van der Waals surface area contributed by atoms with Gasteiger partial charge >= 0.3 is 0 Å². The summed E-state index contributed by atoms with van der Waals surface area (Å²) in [5.74, 6) is 1.07. The van der Waals surface area contributed by atoms with Crippen LogP contribution in [0.5, 0.6) is 0 Å². The van der Waals surface area contributed by atoms with E-state index in [1.54, 1.807) is 6.07 Å².